The highest BCUT2D eigenvalue weighted by Gasteiger charge is 2.19. The second kappa shape index (κ2) is 9.90. The molecular weight excluding hydrogens is 572 g/mol. The van der Waals surface area contributed by atoms with Gasteiger partial charge in [-0.25, -0.2) is 4.98 Å². The van der Waals surface area contributed by atoms with Gasteiger partial charge < -0.3 is 4.42 Å². The van der Waals surface area contributed by atoms with Gasteiger partial charge in [0.25, 0.3) is 0 Å². The van der Waals surface area contributed by atoms with Crippen LogP contribution in [0.1, 0.15) is 5.82 Å². The van der Waals surface area contributed by atoms with E-state index in [2.05, 4.69) is 157 Å². The van der Waals surface area contributed by atoms with Gasteiger partial charge in [0.2, 0.25) is 0 Å². The van der Waals surface area contributed by atoms with Crippen LogP contribution >= 0.6 is 0 Å². The Morgan fingerprint density at radius 1 is 0.489 bits per heavy atom. The van der Waals surface area contributed by atoms with Crippen LogP contribution < -0.4 is 0 Å². The van der Waals surface area contributed by atoms with Crippen LogP contribution in [0.3, 0.4) is 0 Å². The van der Waals surface area contributed by atoms with Crippen LogP contribution in [0, 0.1) is 6.92 Å². The number of hydrogen-bond donors (Lipinski definition) is 0. The van der Waals surface area contributed by atoms with E-state index in [1.807, 2.05) is 6.07 Å². The normalized spacial score (nSPS) is 11.9. The SMILES string of the molecule is Cc1nc2ccccc2n1-c1ccc(-c2c3ccccc3c(-c3ccc4oc5ccc6ccccc6c5c4c3)c3ccccc23)cc1. The van der Waals surface area contributed by atoms with Gasteiger partial charge in [-0.3, -0.25) is 4.57 Å². The summed E-state index contributed by atoms with van der Waals surface area (Å²) < 4.78 is 8.60. The molecule has 10 aromatic rings. The van der Waals surface area contributed by atoms with Gasteiger partial charge in [0.05, 0.1) is 11.0 Å². The van der Waals surface area contributed by atoms with Crippen molar-refractivity contribution < 1.29 is 4.42 Å². The smallest absolute Gasteiger partial charge is 0.136 e. The Kier molecular flexibility index (Phi) is 5.49. The molecule has 2 heterocycles. The summed E-state index contributed by atoms with van der Waals surface area (Å²) in [5, 5.41) is 9.69. The van der Waals surface area contributed by atoms with E-state index in [1.54, 1.807) is 0 Å². The standard InChI is InChI=1S/C44H28N2O/c1-27-45-38-16-8-9-17-39(38)46(27)31-22-18-29(19-23-31)42-33-12-4-6-14-35(33)43(36-15-7-5-13-34(36)42)30-21-24-40-37(26-30)44-32-11-3-2-10-28(32)20-25-41(44)47-40/h2-26H,1H3. The molecule has 8 aromatic carbocycles. The lowest BCUT2D eigenvalue weighted by Gasteiger charge is -2.18. The van der Waals surface area contributed by atoms with Crippen LogP contribution in [0.5, 0.6) is 0 Å². The number of fused-ring (bicyclic) bond motifs is 8. The van der Waals surface area contributed by atoms with Crippen LogP contribution in [0.25, 0.3) is 93.2 Å². The second-order valence-corrected chi connectivity index (χ2v) is 12.3. The zero-order chi connectivity index (χ0) is 31.1. The number of furan rings is 1. The first-order valence-electron chi connectivity index (χ1n) is 16.1. The minimum absolute atomic E-state index is 0.909. The molecule has 0 aliphatic carbocycles. The second-order valence-electron chi connectivity index (χ2n) is 12.3. The van der Waals surface area contributed by atoms with Gasteiger partial charge in [-0.05, 0) is 104 Å². The topological polar surface area (TPSA) is 31.0 Å². The highest BCUT2D eigenvalue weighted by molar-refractivity contribution is 6.23. The van der Waals surface area contributed by atoms with E-state index in [0.717, 1.165) is 39.1 Å². The Bertz CT molecular complexity index is 2800. The van der Waals surface area contributed by atoms with Crippen LogP contribution in [0.15, 0.2) is 156 Å². The fourth-order valence-corrected chi connectivity index (χ4v) is 7.70. The van der Waals surface area contributed by atoms with Crippen molar-refractivity contribution in [2.24, 2.45) is 0 Å². The monoisotopic (exact) mass is 600 g/mol. The van der Waals surface area contributed by atoms with E-state index in [9.17, 15) is 0 Å². The number of benzene rings is 8. The quantitative estimate of drug-likeness (QED) is 0.189. The van der Waals surface area contributed by atoms with Crippen molar-refractivity contribution in [3.63, 3.8) is 0 Å². The average Bonchev–Trinajstić information content (AvgIpc) is 3.67. The highest BCUT2D eigenvalue weighted by atomic mass is 16.3. The van der Waals surface area contributed by atoms with Gasteiger partial charge in [0.1, 0.15) is 17.0 Å². The highest BCUT2D eigenvalue weighted by Crippen LogP contribution is 2.45. The Morgan fingerprint density at radius 2 is 1.06 bits per heavy atom. The third-order valence-corrected chi connectivity index (χ3v) is 9.72. The molecule has 0 aliphatic heterocycles. The van der Waals surface area contributed by atoms with E-state index >= 15 is 0 Å². The molecule has 0 radical (unpaired) electrons. The van der Waals surface area contributed by atoms with Crippen molar-refractivity contribution >= 4 is 65.3 Å². The largest absolute Gasteiger partial charge is 0.456 e. The third-order valence-electron chi connectivity index (χ3n) is 9.72. The molecule has 3 heteroatoms. The molecule has 0 N–H and O–H groups in total. The molecule has 0 saturated heterocycles. The van der Waals surface area contributed by atoms with Gasteiger partial charge in [-0.2, -0.15) is 0 Å². The van der Waals surface area contributed by atoms with E-state index < -0.39 is 0 Å². The number of aromatic nitrogens is 2. The van der Waals surface area contributed by atoms with Crippen LogP contribution in [0.2, 0.25) is 0 Å². The Balaban J connectivity index is 1.21. The number of aryl methyl sites for hydroxylation is 1. The van der Waals surface area contributed by atoms with E-state index in [1.165, 1.54) is 60.0 Å². The van der Waals surface area contributed by atoms with E-state index in [0.29, 0.717) is 0 Å². The first kappa shape index (κ1) is 26.1. The summed E-state index contributed by atoms with van der Waals surface area (Å²) in [5.74, 6) is 0.981. The zero-order valence-corrected chi connectivity index (χ0v) is 25.7. The molecule has 220 valence electrons. The molecule has 0 aliphatic rings. The summed E-state index contributed by atoms with van der Waals surface area (Å²) in [6.07, 6.45) is 0. The maximum atomic E-state index is 6.37. The molecule has 10 rings (SSSR count). The summed E-state index contributed by atoms with van der Waals surface area (Å²) in [4.78, 5) is 4.79. The molecule has 0 amide bonds. The molecular formula is C44H28N2O. The van der Waals surface area contributed by atoms with Crippen LogP contribution in [0.4, 0.5) is 0 Å². The summed E-state index contributed by atoms with van der Waals surface area (Å²) >= 11 is 0. The van der Waals surface area contributed by atoms with Gasteiger partial charge in [0.15, 0.2) is 0 Å². The van der Waals surface area contributed by atoms with Gasteiger partial charge in [-0.1, -0.05) is 109 Å². The molecule has 0 unspecified atom stereocenters. The third kappa shape index (κ3) is 3.84. The van der Waals surface area contributed by atoms with Crippen molar-refractivity contribution in [1.82, 2.24) is 9.55 Å². The lowest BCUT2D eigenvalue weighted by molar-refractivity contribution is 0.669. The summed E-state index contributed by atoms with van der Waals surface area (Å²) in [5.41, 5.74) is 9.94. The van der Waals surface area contributed by atoms with Crippen molar-refractivity contribution in [2.75, 3.05) is 0 Å². The molecule has 3 nitrogen and oxygen atoms in total. The van der Waals surface area contributed by atoms with Crippen molar-refractivity contribution in [3.8, 4) is 27.9 Å². The number of rotatable bonds is 3. The first-order valence-corrected chi connectivity index (χ1v) is 16.1. The maximum Gasteiger partial charge on any atom is 0.136 e. The van der Waals surface area contributed by atoms with Crippen molar-refractivity contribution in [3.05, 3.63) is 157 Å². The molecule has 47 heavy (non-hydrogen) atoms. The molecule has 0 bridgehead atoms. The van der Waals surface area contributed by atoms with Gasteiger partial charge in [0, 0.05) is 16.5 Å². The van der Waals surface area contributed by atoms with Crippen LogP contribution in [-0.2, 0) is 0 Å². The number of imidazole rings is 1. The summed E-state index contributed by atoms with van der Waals surface area (Å²) in [7, 11) is 0. The number of nitrogens with zero attached hydrogens (tertiary/aromatic N) is 2. The number of para-hydroxylation sites is 2. The van der Waals surface area contributed by atoms with Crippen LogP contribution in [-0.4, -0.2) is 9.55 Å². The Labute approximate surface area is 270 Å². The Hall–Kier alpha value is -6.19. The van der Waals surface area contributed by atoms with Crippen molar-refractivity contribution in [1.29, 1.82) is 0 Å². The molecule has 0 atom stereocenters. The maximum absolute atomic E-state index is 6.37. The summed E-state index contributed by atoms with van der Waals surface area (Å²) in [6, 6.07) is 54.4. The fraction of sp³-hybridized carbons (Fsp3) is 0.0227. The summed E-state index contributed by atoms with van der Waals surface area (Å²) in [6.45, 7) is 2.07. The van der Waals surface area contributed by atoms with E-state index in [4.69, 9.17) is 9.40 Å². The molecule has 0 spiro atoms. The minimum atomic E-state index is 0.909. The molecule has 2 aromatic heterocycles. The number of hydrogen-bond acceptors (Lipinski definition) is 2. The minimum Gasteiger partial charge on any atom is -0.456 e. The first-order chi connectivity index (χ1) is 23.2. The lowest BCUT2D eigenvalue weighted by atomic mass is 9.85. The van der Waals surface area contributed by atoms with Gasteiger partial charge in [-0.15, -0.1) is 0 Å². The molecule has 0 saturated carbocycles. The predicted molar refractivity (Wildman–Crippen MR) is 196 cm³/mol. The average molecular weight is 601 g/mol. The van der Waals surface area contributed by atoms with Gasteiger partial charge >= 0.3 is 0 Å². The predicted octanol–water partition coefficient (Wildman–Crippen LogP) is 12.0. The zero-order valence-electron chi connectivity index (χ0n) is 25.7. The fourth-order valence-electron chi connectivity index (χ4n) is 7.70. The molecule has 0 fully saturated rings. The van der Waals surface area contributed by atoms with E-state index in [-0.39, 0.29) is 0 Å². The Morgan fingerprint density at radius 3 is 1.79 bits per heavy atom. The lowest BCUT2D eigenvalue weighted by Crippen LogP contribution is -1.97. The van der Waals surface area contributed by atoms with Crippen molar-refractivity contribution in [2.45, 2.75) is 6.92 Å².